The second-order valence-corrected chi connectivity index (χ2v) is 5.47. The van der Waals surface area contributed by atoms with Gasteiger partial charge in [0, 0.05) is 19.0 Å². The van der Waals surface area contributed by atoms with Gasteiger partial charge >= 0.3 is 0 Å². The van der Waals surface area contributed by atoms with Gasteiger partial charge in [-0.2, -0.15) is 0 Å². The average molecular weight is 286 g/mol. The summed E-state index contributed by atoms with van der Waals surface area (Å²) in [6.07, 6.45) is 8.80. The molecular formula is C16H18N2OS. The molecule has 2 aromatic rings. The Kier molecular flexibility index (Phi) is 5.50. The Balaban J connectivity index is 1.74. The quantitative estimate of drug-likeness (QED) is 0.502. The van der Waals surface area contributed by atoms with Crippen LogP contribution in [0.25, 0.3) is 10.2 Å². The van der Waals surface area contributed by atoms with E-state index in [1.54, 1.807) is 17.4 Å². The first kappa shape index (κ1) is 14.5. The second kappa shape index (κ2) is 7.60. The van der Waals surface area contributed by atoms with Gasteiger partial charge in [-0.1, -0.05) is 30.4 Å². The zero-order valence-electron chi connectivity index (χ0n) is 11.5. The molecule has 0 atom stereocenters. The van der Waals surface area contributed by atoms with E-state index in [9.17, 15) is 4.79 Å². The molecule has 0 saturated carbocycles. The monoisotopic (exact) mass is 286 g/mol. The Bertz CT molecular complexity index is 595. The van der Waals surface area contributed by atoms with Crippen molar-refractivity contribution in [2.45, 2.75) is 19.8 Å². The molecule has 0 aliphatic heterocycles. The van der Waals surface area contributed by atoms with Gasteiger partial charge in [-0.05, 0) is 25.5 Å². The summed E-state index contributed by atoms with van der Waals surface area (Å²) >= 11 is 1.73. The van der Waals surface area contributed by atoms with Crippen molar-refractivity contribution in [3.63, 3.8) is 0 Å². The molecule has 1 aromatic carbocycles. The summed E-state index contributed by atoms with van der Waals surface area (Å²) in [5.41, 5.74) is 1.06. The van der Waals surface area contributed by atoms with E-state index in [0.717, 1.165) is 23.4 Å². The number of carbonyl (C=O) groups excluding carboxylic acids is 1. The molecule has 1 amide bonds. The molecule has 2 rings (SSSR count). The second-order valence-electron chi connectivity index (χ2n) is 4.35. The van der Waals surface area contributed by atoms with E-state index in [0.29, 0.717) is 6.54 Å². The molecule has 1 heterocycles. The van der Waals surface area contributed by atoms with E-state index in [-0.39, 0.29) is 5.91 Å². The Morgan fingerprint density at radius 1 is 1.35 bits per heavy atom. The number of amides is 1. The number of para-hydroxylation sites is 1. The first-order valence-electron chi connectivity index (χ1n) is 6.71. The van der Waals surface area contributed by atoms with Crippen LogP contribution in [-0.4, -0.2) is 17.4 Å². The van der Waals surface area contributed by atoms with Crippen LogP contribution in [0.2, 0.25) is 0 Å². The maximum absolute atomic E-state index is 11.4. The first-order valence-corrected chi connectivity index (χ1v) is 7.53. The molecule has 1 N–H and O–H groups in total. The van der Waals surface area contributed by atoms with E-state index in [1.807, 2.05) is 37.3 Å². The molecule has 0 unspecified atom stereocenters. The number of nitrogens with zero attached hydrogens (tertiary/aromatic N) is 1. The maximum Gasteiger partial charge on any atom is 0.243 e. The fraction of sp³-hybridized carbons (Fsp3) is 0.250. The van der Waals surface area contributed by atoms with Gasteiger partial charge in [-0.15, -0.1) is 11.3 Å². The number of aryl methyl sites for hydroxylation is 1. The van der Waals surface area contributed by atoms with Crippen molar-refractivity contribution in [3.05, 3.63) is 53.6 Å². The molecular weight excluding hydrogens is 268 g/mol. The molecule has 0 spiro atoms. The fourth-order valence-corrected chi connectivity index (χ4v) is 2.80. The van der Waals surface area contributed by atoms with E-state index >= 15 is 0 Å². The van der Waals surface area contributed by atoms with Crippen LogP contribution in [0.5, 0.6) is 0 Å². The number of nitrogens with one attached hydrogen (secondary N) is 1. The predicted molar refractivity (Wildman–Crippen MR) is 84.9 cm³/mol. The van der Waals surface area contributed by atoms with Crippen LogP contribution in [0.1, 0.15) is 18.4 Å². The van der Waals surface area contributed by atoms with Gasteiger partial charge in [0.15, 0.2) is 0 Å². The average Bonchev–Trinajstić information content (AvgIpc) is 2.86. The highest BCUT2D eigenvalue weighted by molar-refractivity contribution is 7.18. The predicted octanol–water partition coefficient (Wildman–Crippen LogP) is 3.48. The smallest absolute Gasteiger partial charge is 0.243 e. The molecule has 1 aromatic heterocycles. The fourth-order valence-electron chi connectivity index (χ4n) is 1.79. The summed E-state index contributed by atoms with van der Waals surface area (Å²) in [6.45, 7) is 2.59. The summed E-state index contributed by atoms with van der Waals surface area (Å²) in [7, 11) is 0. The minimum Gasteiger partial charge on any atom is -0.353 e. The Hall–Kier alpha value is -1.94. The van der Waals surface area contributed by atoms with Crippen LogP contribution in [0, 0.1) is 0 Å². The SMILES string of the molecule is C/C=C/C=C/C(=O)NCCCc1nc2ccccc2s1. The van der Waals surface area contributed by atoms with Crippen molar-refractivity contribution in [3.8, 4) is 0 Å². The number of hydrogen-bond donors (Lipinski definition) is 1. The van der Waals surface area contributed by atoms with Crippen molar-refractivity contribution in [2.75, 3.05) is 6.54 Å². The summed E-state index contributed by atoms with van der Waals surface area (Å²) in [4.78, 5) is 16.0. The van der Waals surface area contributed by atoms with Gasteiger partial charge in [0.05, 0.1) is 15.2 Å². The third-order valence-electron chi connectivity index (χ3n) is 2.76. The normalized spacial score (nSPS) is 11.7. The molecule has 104 valence electrons. The number of rotatable bonds is 6. The van der Waals surface area contributed by atoms with Crippen molar-refractivity contribution in [1.29, 1.82) is 0 Å². The molecule has 0 radical (unpaired) electrons. The Labute approximate surface area is 123 Å². The lowest BCUT2D eigenvalue weighted by atomic mass is 10.3. The van der Waals surface area contributed by atoms with Crippen molar-refractivity contribution in [2.24, 2.45) is 0 Å². The minimum atomic E-state index is -0.0487. The minimum absolute atomic E-state index is 0.0487. The highest BCUT2D eigenvalue weighted by Crippen LogP contribution is 2.22. The van der Waals surface area contributed by atoms with Crippen LogP contribution in [0.3, 0.4) is 0 Å². The molecule has 4 heteroatoms. The van der Waals surface area contributed by atoms with Gasteiger partial charge in [0.1, 0.15) is 0 Å². The molecule has 0 fully saturated rings. The van der Waals surface area contributed by atoms with Crippen LogP contribution in [-0.2, 0) is 11.2 Å². The largest absolute Gasteiger partial charge is 0.353 e. The van der Waals surface area contributed by atoms with Gasteiger partial charge in [-0.25, -0.2) is 4.98 Å². The third kappa shape index (κ3) is 4.31. The highest BCUT2D eigenvalue weighted by Gasteiger charge is 2.02. The van der Waals surface area contributed by atoms with Gasteiger partial charge in [0.25, 0.3) is 0 Å². The molecule has 3 nitrogen and oxygen atoms in total. The maximum atomic E-state index is 11.4. The number of hydrogen-bond acceptors (Lipinski definition) is 3. The number of allylic oxidation sites excluding steroid dienone is 3. The summed E-state index contributed by atoms with van der Waals surface area (Å²) in [5, 5.41) is 3.99. The Morgan fingerprint density at radius 3 is 3.00 bits per heavy atom. The topological polar surface area (TPSA) is 42.0 Å². The number of benzene rings is 1. The van der Waals surface area contributed by atoms with Crippen LogP contribution in [0.4, 0.5) is 0 Å². The number of aromatic nitrogens is 1. The number of carbonyl (C=O) groups is 1. The summed E-state index contributed by atoms with van der Waals surface area (Å²) < 4.78 is 1.22. The zero-order chi connectivity index (χ0) is 14.2. The molecule has 20 heavy (non-hydrogen) atoms. The van der Waals surface area contributed by atoms with Gasteiger partial charge in [0.2, 0.25) is 5.91 Å². The van der Waals surface area contributed by atoms with E-state index < -0.39 is 0 Å². The number of fused-ring (bicyclic) bond motifs is 1. The third-order valence-corrected chi connectivity index (χ3v) is 3.85. The Morgan fingerprint density at radius 2 is 2.20 bits per heavy atom. The number of thiazole rings is 1. The van der Waals surface area contributed by atoms with Gasteiger partial charge < -0.3 is 5.32 Å². The van der Waals surface area contributed by atoms with Gasteiger partial charge in [-0.3, -0.25) is 4.79 Å². The van der Waals surface area contributed by atoms with Crippen LogP contribution in [0.15, 0.2) is 48.6 Å². The first-order chi connectivity index (χ1) is 9.79. The molecule has 0 saturated heterocycles. The van der Waals surface area contributed by atoms with Crippen LogP contribution >= 0.6 is 11.3 Å². The van der Waals surface area contributed by atoms with E-state index in [4.69, 9.17) is 0 Å². The standard InChI is InChI=1S/C16H18N2OS/c1-2-3-4-10-15(19)17-12-7-11-16-18-13-8-5-6-9-14(13)20-16/h2-6,8-10H,7,11-12H2,1H3,(H,17,19)/b3-2+,10-4+. The lowest BCUT2D eigenvalue weighted by Gasteiger charge is -1.99. The van der Waals surface area contributed by atoms with Crippen molar-refractivity contribution >= 4 is 27.5 Å². The van der Waals surface area contributed by atoms with E-state index in [2.05, 4.69) is 16.4 Å². The van der Waals surface area contributed by atoms with Crippen molar-refractivity contribution < 1.29 is 4.79 Å². The summed E-state index contributed by atoms with van der Waals surface area (Å²) in [5.74, 6) is -0.0487. The van der Waals surface area contributed by atoms with E-state index in [1.165, 1.54) is 10.8 Å². The lowest BCUT2D eigenvalue weighted by Crippen LogP contribution is -2.22. The molecule has 0 bridgehead atoms. The highest BCUT2D eigenvalue weighted by atomic mass is 32.1. The van der Waals surface area contributed by atoms with Crippen molar-refractivity contribution in [1.82, 2.24) is 10.3 Å². The molecule has 0 aliphatic carbocycles. The summed E-state index contributed by atoms with van der Waals surface area (Å²) in [6, 6.07) is 8.15. The lowest BCUT2D eigenvalue weighted by molar-refractivity contribution is -0.116. The molecule has 0 aliphatic rings. The zero-order valence-corrected chi connectivity index (χ0v) is 12.3. The van der Waals surface area contributed by atoms with Crippen LogP contribution < -0.4 is 5.32 Å².